The van der Waals surface area contributed by atoms with Gasteiger partial charge in [-0.05, 0) is 29.1 Å². The maximum atomic E-state index is 12.1. The third-order valence-electron chi connectivity index (χ3n) is 3.42. The van der Waals surface area contributed by atoms with Gasteiger partial charge in [-0.1, -0.05) is 18.2 Å². The second-order valence-corrected chi connectivity index (χ2v) is 6.03. The Balaban J connectivity index is 1.89. The highest BCUT2D eigenvalue weighted by Crippen LogP contribution is 2.24. The Hall–Kier alpha value is -3.44. The third kappa shape index (κ3) is 3.57. The zero-order chi connectivity index (χ0) is 17.8. The zero-order valence-electron chi connectivity index (χ0n) is 12.8. The number of nitrogens with one attached hydrogen (secondary N) is 2. The first-order valence-corrected chi connectivity index (χ1v) is 8.11. The van der Waals surface area contributed by atoms with E-state index < -0.39 is 11.5 Å². The summed E-state index contributed by atoms with van der Waals surface area (Å²) in [5, 5.41) is 23.0. The Bertz CT molecular complexity index is 1020. The van der Waals surface area contributed by atoms with Gasteiger partial charge in [0.15, 0.2) is 0 Å². The Morgan fingerprint density at radius 2 is 2.20 bits per heavy atom. The molecule has 8 heteroatoms. The van der Waals surface area contributed by atoms with Crippen LogP contribution in [0.1, 0.15) is 21.5 Å². The van der Waals surface area contributed by atoms with Crippen LogP contribution in [0.25, 0.3) is 10.6 Å². The molecule has 0 spiro atoms. The van der Waals surface area contributed by atoms with Gasteiger partial charge in [-0.2, -0.15) is 5.26 Å². The van der Waals surface area contributed by atoms with Crippen molar-refractivity contribution < 1.29 is 9.90 Å². The number of benzene rings is 1. The Morgan fingerprint density at radius 1 is 1.36 bits per heavy atom. The molecule has 0 aliphatic heterocycles. The van der Waals surface area contributed by atoms with Crippen LogP contribution in [0.2, 0.25) is 0 Å². The topological polar surface area (TPSA) is 119 Å². The number of aromatic amines is 1. The molecule has 7 nitrogen and oxygen atoms in total. The van der Waals surface area contributed by atoms with Crippen LogP contribution in [0.4, 0.5) is 5.95 Å². The lowest BCUT2D eigenvalue weighted by molar-refractivity contribution is 0.0697. The van der Waals surface area contributed by atoms with Crippen molar-refractivity contribution >= 4 is 23.3 Å². The van der Waals surface area contributed by atoms with E-state index in [2.05, 4.69) is 15.3 Å². The van der Waals surface area contributed by atoms with Crippen molar-refractivity contribution in [2.24, 2.45) is 0 Å². The van der Waals surface area contributed by atoms with Gasteiger partial charge < -0.3 is 10.4 Å². The number of carbonyl (C=O) groups is 1. The number of carboxylic acid groups (broad SMARTS) is 1. The fourth-order valence-electron chi connectivity index (χ4n) is 2.25. The lowest BCUT2D eigenvalue weighted by Gasteiger charge is -2.08. The second kappa shape index (κ2) is 6.98. The van der Waals surface area contributed by atoms with Gasteiger partial charge in [-0.3, -0.25) is 9.78 Å². The number of rotatable bonds is 5. The smallest absolute Gasteiger partial charge is 0.335 e. The standard InChI is InChI=1S/C17H12N4O3S/c18-8-12-14(13-5-2-6-25-13)20-17(21-15(12)22)19-9-10-3-1-4-11(7-10)16(23)24/h1-7H,9H2,(H,23,24)(H2,19,20,21,22). The molecule has 2 aromatic heterocycles. The van der Waals surface area contributed by atoms with Gasteiger partial charge >= 0.3 is 5.97 Å². The molecule has 0 aliphatic carbocycles. The van der Waals surface area contributed by atoms with E-state index in [0.717, 1.165) is 10.4 Å². The van der Waals surface area contributed by atoms with Crippen molar-refractivity contribution in [3.8, 4) is 16.6 Å². The molecule has 3 N–H and O–H groups in total. The molecule has 3 rings (SSSR count). The molecule has 0 bridgehead atoms. The largest absolute Gasteiger partial charge is 0.478 e. The van der Waals surface area contributed by atoms with Gasteiger partial charge in [0.1, 0.15) is 17.3 Å². The predicted octanol–water partition coefficient (Wildman–Crippen LogP) is 2.68. The molecule has 0 unspecified atom stereocenters. The highest BCUT2D eigenvalue weighted by molar-refractivity contribution is 7.13. The van der Waals surface area contributed by atoms with Crippen LogP contribution in [-0.2, 0) is 6.54 Å². The number of hydrogen-bond acceptors (Lipinski definition) is 6. The minimum atomic E-state index is -1.01. The van der Waals surface area contributed by atoms with Crippen molar-refractivity contribution in [1.82, 2.24) is 9.97 Å². The first-order chi connectivity index (χ1) is 12.1. The molecule has 0 saturated carbocycles. The van der Waals surface area contributed by atoms with Crippen LogP contribution < -0.4 is 10.9 Å². The lowest BCUT2D eigenvalue weighted by atomic mass is 10.1. The van der Waals surface area contributed by atoms with Crippen LogP contribution in [-0.4, -0.2) is 21.0 Å². The summed E-state index contributed by atoms with van der Waals surface area (Å²) in [5.41, 5.74) is 0.663. The maximum absolute atomic E-state index is 12.1. The summed E-state index contributed by atoms with van der Waals surface area (Å²) in [5.74, 6) is -0.792. The van der Waals surface area contributed by atoms with Crippen LogP contribution in [0, 0.1) is 11.3 Å². The molecule has 1 aromatic carbocycles. The summed E-state index contributed by atoms with van der Waals surface area (Å²) < 4.78 is 0. The van der Waals surface area contributed by atoms with E-state index in [0.29, 0.717) is 5.69 Å². The molecule has 0 atom stereocenters. The van der Waals surface area contributed by atoms with E-state index in [4.69, 9.17) is 5.11 Å². The molecular weight excluding hydrogens is 340 g/mol. The van der Waals surface area contributed by atoms with Gasteiger partial charge in [0.05, 0.1) is 10.4 Å². The Kier molecular flexibility index (Phi) is 4.59. The quantitative estimate of drug-likeness (QED) is 0.649. The number of aromatic nitrogens is 2. The van der Waals surface area contributed by atoms with Gasteiger partial charge in [0.25, 0.3) is 5.56 Å². The molecule has 0 radical (unpaired) electrons. The SMILES string of the molecule is N#Cc1c(-c2cccs2)nc(NCc2cccc(C(=O)O)c2)[nH]c1=O. The van der Waals surface area contributed by atoms with E-state index in [1.54, 1.807) is 18.2 Å². The fraction of sp³-hybridized carbons (Fsp3) is 0.0588. The number of nitriles is 1. The summed E-state index contributed by atoms with van der Waals surface area (Å²) in [4.78, 5) is 30.7. The van der Waals surface area contributed by atoms with Gasteiger partial charge in [0, 0.05) is 6.54 Å². The minimum Gasteiger partial charge on any atom is -0.478 e. The lowest BCUT2D eigenvalue weighted by Crippen LogP contribution is -2.17. The third-order valence-corrected chi connectivity index (χ3v) is 4.30. The Morgan fingerprint density at radius 3 is 2.88 bits per heavy atom. The molecule has 0 saturated heterocycles. The predicted molar refractivity (Wildman–Crippen MR) is 93.6 cm³/mol. The highest BCUT2D eigenvalue weighted by Gasteiger charge is 2.14. The average molecular weight is 352 g/mol. The molecule has 0 amide bonds. The minimum absolute atomic E-state index is 0.0409. The molecule has 0 aliphatic rings. The molecule has 0 fully saturated rings. The fourth-order valence-corrected chi connectivity index (χ4v) is 2.97. The molecule has 124 valence electrons. The van der Waals surface area contributed by atoms with Crippen molar-refractivity contribution in [3.63, 3.8) is 0 Å². The number of anilines is 1. The van der Waals surface area contributed by atoms with E-state index in [9.17, 15) is 14.9 Å². The van der Waals surface area contributed by atoms with Crippen LogP contribution in [0.5, 0.6) is 0 Å². The first-order valence-electron chi connectivity index (χ1n) is 7.23. The molecule has 2 heterocycles. The van der Waals surface area contributed by atoms with E-state index in [-0.39, 0.29) is 23.6 Å². The van der Waals surface area contributed by atoms with Gasteiger partial charge in [-0.25, -0.2) is 9.78 Å². The van der Waals surface area contributed by atoms with Gasteiger partial charge in [-0.15, -0.1) is 11.3 Å². The van der Waals surface area contributed by atoms with E-state index >= 15 is 0 Å². The maximum Gasteiger partial charge on any atom is 0.335 e. The summed E-state index contributed by atoms with van der Waals surface area (Å²) in [6.07, 6.45) is 0. The number of thiophene rings is 1. The van der Waals surface area contributed by atoms with Crippen molar-refractivity contribution in [3.05, 3.63) is 68.8 Å². The molecule has 25 heavy (non-hydrogen) atoms. The van der Waals surface area contributed by atoms with Crippen molar-refractivity contribution in [1.29, 1.82) is 5.26 Å². The number of aromatic carboxylic acids is 1. The number of hydrogen-bond donors (Lipinski definition) is 3. The summed E-state index contributed by atoms with van der Waals surface area (Å²) in [6, 6.07) is 11.9. The summed E-state index contributed by atoms with van der Waals surface area (Å²) in [7, 11) is 0. The van der Waals surface area contributed by atoms with Crippen LogP contribution in [0.3, 0.4) is 0 Å². The summed E-state index contributed by atoms with van der Waals surface area (Å²) >= 11 is 1.38. The second-order valence-electron chi connectivity index (χ2n) is 5.09. The van der Waals surface area contributed by atoms with Crippen LogP contribution in [0.15, 0.2) is 46.6 Å². The van der Waals surface area contributed by atoms with E-state index in [1.807, 2.05) is 17.5 Å². The highest BCUT2D eigenvalue weighted by atomic mass is 32.1. The Labute approximate surface area is 146 Å². The zero-order valence-corrected chi connectivity index (χ0v) is 13.6. The first kappa shape index (κ1) is 16.4. The van der Waals surface area contributed by atoms with Crippen molar-refractivity contribution in [2.45, 2.75) is 6.54 Å². The summed E-state index contributed by atoms with van der Waals surface area (Å²) in [6.45, 7) is 0.278. The van der Waals surface area contributed by atoms with Crippen LogP contribution >= 0.6 is 11.3 Å². The van der Waals surface area contributed by atoms with E-state index in [1.165, 1.54) is 23.5 Å². The molecule has 3 aromatic rings. The average Bonchev–Trinajstić information content (AvgIpc) is 3.14. The number of carboxylic acids is 1. The normalized spacial score (nSPS) is 10.2. The monoisotopic (exact) mass is 352 g/mol. The van der Waals surface area contributed by atoms with Gasteiger partial charge in [0.2, 0.25) is 5.95 Å². The number of H-pyrrole nitrogens is 1. The van der Waals surface area contributed by atoms with Crippen molar-refractivity contribution in [2.75, 3.05) is 5.32 Å². The number of nitrogens with zero attached hydrogens (tertiary/aromatic N) is 2. The molecular formula is C17H12N4O3S.